The van der Waals surface area contributed by atoms with Gasteiger partial charge < -0.3 is 10.4 Å². The van der Waals surface area contributed by atoms with Gasteiger partial charge in [0, 0.05) is 12.2 Å². The van der Waals surface area contributed by atoms with Crippen LogP contribution in [0, 0.1) is 12.8 Å². The van der Waals surface area contributed by atoms with Crippen molar-refractivity contribution in [3.05, 3.63) is 29.6 Å². The average Bonchev–Trinajstić information content (AvgIpc) is 2.45. The lowest BCUT2D eigenvalue weighted by atomic mass is 9.85. The molecule has 1 aliphatic carbocycles. The van der Waals surface area contributed by atoms with Crippen molar-refractivity contribution in [1.29, 1.82) is 0 Å². The second-order valence-electron chi connectivity index (χ2n) is 5.34. The van der Waals surface area contributed by atoms with Crippen molar-refractivity contribution in [3.63, 3.8) is 0 Å². The van der Waals surface area contributed by atoms with Gasteiger partial charge >= 0.3 is 0 Å². The molecular weight excluding hydrogens is 240 g/mol. The van der Waals surface area contributed by atoms with E-state index in [2.05, 4.69) is 10.3 Å². The van der Waals surface area contributed by atoms with Gasteiger partial charge in [-0.25, -0.2) is 4.98 Å². The molecular formula is C15H22N2O2. The number of aryl methyl sites for hydroxylation is 1. The van der Waals surface area contributed by atoms with Crippen molar-refractivity contribution in [2.75, 3.05) is 6.54 Å². The van der Waals surface area contributed by atoms with Gasteiger partial charge in [0.25, 0.3) is 5.91 Å². The molecule has 1 aliphatic rings. The summed E-state index contributed by atoms with van der Waals surface area (Å²) in [5.74, 6) is 0.123. The maximum absolute atomic E-state index is 11.9. The van der Waals surface area contributed by atoms with Crippen LogP contribution >= 0.6 is 0 Å². The van der Waals surface area contributed by atoms with Gasteiger partial charge in [0.2, 0.25) is 0 Å². The molecule has 1 aromatic rings. The number of amides is 1. The summed E-state index contributed by atoms with van der Waals surface area (Å²) < 4.78 is 0. The molecule has 1 aromatic heterocycles. The van der Waals surface area contributed by atoms with Crippen LogP contribution in [-0.4, -0.2) is 28.6 Å². The maximum Gasteiger partial charge on any atom is 0.269 e. The highest BCUT2D eigenvalue weighted by atomic mass is 16.3. The predicted molar refractivity (Wildman–Crippen MR) is 73.9 cm³/mol. The van der Waals surface area contributed by atoms with Crippen LogP contribution in [0.4, 0.5) is 0 Å². The largest absolute Gasteiger partial charge is 0.391 e. The minimum Gasteiger partial charge on any atom is -0.391 e. The Labute approximate surface area is 114 Å². The first-order chi connectivity index (χ1) is 9.16. The van der Waals surface area contributed by atoms with Gasteiger partial charge in [-0.15, -0.1) is 0 Å². The fraction of sp³-hybridized carbons (Fsp3) is 0.600. The SMILES string of the molecule is Cc1cccc(C(=O)NCC(O)C2CCCCC2)n1. The summed E-state index contributed by atoms with van der Waals surface area (Å²) in [5.41, 5.74) is 1.23. The summed E-state index contributed by atoms with van der Waals surface area (Å²) in [7, 11) is 0. The van der Waals surface area contributed by atoms with E-state index in [1.54, 1.807) is 6.07 Å². The van der Waals surface area contributed by atoms with E-state index in [0.717, 1.165) is 18.5 Å². The summed E-state index contributed by atoms with van der Waals surface area (Å²) in [5, 5.41) is 12.9. The third kappa shape index (κ3) is 4.03. The van der Waals surface area contributed by atoms with Gasteiger partial charge in [-0.2, -0.15) is 0 Å². The first-order valence-electron chi connectivity index (χ1n) is 7.07. The first kappa shape index (κ1) is 14.0. The van der Waals surface area contributed by atoms with Crippen LogP contribution < -0.4 is 5.32 Å². The monoisotopic (exact) mass is 262 g/mol. The molecule has 1 amide bonds. The molecule has 2 rings (SSSR count). The third-order valence-electron chi connectivity index (χ3n) is 3.79. The number of pyridine rings is 1. The highest BCUT2D eigenvalue weighted by Gasteiger charge is 2.22. The van der Waals surface area contributed by atoms with Crippen LogP contribution in [0.2, 0.25) is 0 Å². The maximum atomic E-state index is 11.9. The summed E-state index contributed by atoms with van der Waals surface area (Å²) in [6.07, 6.45) is 5.35. The quantitative estimate of drug-likeness (QED) is 0.873. The zero-order valence-corrected chi connectivity index (χ0v) is 11.4. The standard InChI is InChI=1S/C15H22N2O2/c1-11-6-5-9-13(17-11)15(19)16-10-14(18)12-7-3-2-4-8-12/h5-6,9,12,14,18H,2-4,7-8,10H2,1H3,(H,16,19). The molecule has 0 saturated heterocycles. The van der Waals surface area contributed by atoms with Crippen LogP contribution in [-0.2, 0) is 0 Å². The van der Waals surface area contributed by atoms with E-state index < -0.39 is 6.10 Å². The Morgan fingerprint density at radius 2 is 2.16 bits per heavy atom. The lowest BCUT2D eigenvalue weighted by molar-refractivity contribution is 0.0736. The van der Waals surface area contributed by atoms with Gasteiger partial charge in [0.05, 0.1) is 6.10 Å². The summed E-state index contributed by atoms with van der Waals surface area (Å²) >= 11 is 0. The van der Waals surface area contributed by atoms with Crippen LogP contribution in [0.1, 0.15) is 48.3 Å². The zero-order valence-electron chi connectivity index (χ0n) is 11.4. The number of carbonyl (C=O) groups excluding carboxylic acids is 1. The van der Waals surface area contributed by atoms with E-state index in [-0.39, 0.29) is 5.91 Å². The van der Waals surface area contributed by atoms with E-state index in [1.165, 1.54) is 19.3 Å². The Bertz CT molecular complexity index is 428. The van der Waals surface area contributed by atoms with Crippen LogP contribution in [0.25, 0.3) is 0 Å². The van der Waals surface area contributed by atoms with Crippen LogP contribution in [0.5, 0.6) is 0 Å². The Balaban J connectivity index is 1.82. The highest BCUT2D eigenvalue weighted by molar-refractivity contribution is 5.92. The number of aliphatic hydroxyl groups is 1. The van der Waals surface area contributed by atoms with Gasteiger partial charge in [-0.05, 0) is 37.8 Å². The molecule has 0 aromatic carbocycles. The Morgan fingerprint density at radius 1 is 1.42 bits per heavy atom. The smallest absolute Gasteiger partial charge is 0.269 e. The van der Waals surface area contributed by atoms with Crippen molar-refractivity contribution >= 4 is 5.91 Å². The fourth-order valence-electron chi connectivity index (χ4n) is 2.64. The normalized spacial score (nSPS) is 18.0. The molecule has 1 fully saturated rings. The zero-order chi connectivity index (χ0) is 13.7. The third-order valence-corrected chi connectivity index (χ3v) is 3.79. The summed E-state index contributed by atoms with van der Waals surface area (Å²) in [4.78, 5) is 16.1. The second-order valence-corrected chi connectivity index (χ2v) is 5.34. The fourth-order valence-corrected chi connectivity index (χ4v) is 2.64. The van der Waals surface area contributed by atoms with Gasteiger partial charge in [0.15, 0.2) is 0 Å². The molecule has 0 aliphatic heterocycles. The Kier molecular flexibility index (Phi) is 4.91. The van der Waals surface area contributed by atoms with Crippen molar-refractivity contribution in [1.82, 2.24) is 10.3 Å². The van der Waals surface area contributed by atoms with E-state index in [4.69, 9.17) is 0 Å². The number of aromatic nitrogens is 1. The summed E-state index contributed by atoms with van der Waals surface area (Å²) in [6.45, 7) is 2.17. The number of nitrogens with zero attached hydrogens (tertiary/aromatic N) is 1. The first-order valence-corrected chi connectivity index (χ1v) is 7.07. The minimum atomic E-state index is -0.436. The van der Waals surface area contributed by atoms with E-state index in [9.17, 15) is 9.90 Å². The molecule has 2 N–H and O–H groups in total. The minimum absolute atomic E-state index is 0.210. The molecule has 1 heterocycles. The van der Waals surface area contributed by atoms with Crippen molar-refractivity contribution in [2.45, 2.75) is 45.1 Å². The molecule has 1 saturated carbocycles. The number of carbonyl (C=O) groups is 1. The van der Waals surface area contributed by atoms with Crippen molar-refractivity contribution in [2.24, 2.45) is 5.92 Å². The number of hydrogen-bond donors (Lipinski definition) is 2. The van der Waals surface area contributed by atoms with Gasteiger partial charge in [0.1, 0.15) is 5.69 Å². The van der Waals surface area contributed by atoms with Gasteiger partial charge in [-0.3, -0.25) is 4.79 Å². The lowest BCUT2D eigenvalue weighted by Crippen LogP contribution is -2.37. The Hall–Kier alpha value is -1.42. The molecule has 19 heavy (non-hydrogen) atoms. The number of aliphatic hydroxyl groups excluding tert-OH is 1. The van der Waals surface area contributed by atoms with Crippen LogP contribution in [0.3, 0.4) is 0 Å². The lowest BCUT2D eigenvalue weighted by Gasteiger charge is -2.26. The van der Waals surface area contributed by atoms with E-state index in [0.29, 0.717) is 18.2 Å². The number of hydrogen-bond acceptors (Lipinski definition) is 3. The van der Waals surface area contributed by atoms with Crippen molar-refractivity contribution in [3.8, 4) is 0 Å². The van der Waals surface area contributed by atoms with Gasteiger partial charge in [-0.1, -0.05) is 25.3 Å². The molecule has 104 valence electrons. The molecule has 0 bridgehead atoms. The molecule has 1 atom stereocenters. The molecule has 0 radical (unpaired) electrons. The molecule has 4 heteroatoms. The summed E-state index contributed by atoms with van der Waals surface area (Å²) in [6, 6.07) is 5.36. The van der Waals surface area contributed by atoms with Crippen molar-refractivity contribution < 1.29 is 9.90 Å². The topological polar surface area (TPSA) is 62.2 Å². The van der Waals surface area contributed by atoms with Crippen LogP contribution in [0.15, 0.2) is 18.2 Å². The molecule has 0 spiro atoms. The van der Waals surface area contributed by atoms with E-state index in [1.807, 2.05) is 19.1 Å². The number of nitrogens with one attached hydrogen (secondary N) is 1. The Morgan fingerprint density at radius 3 is 2.84 bits per heavy atom. The average molecular weight is 262 g/mol. The van der Waals surface area contributed by atoms with E-state index >= 15 is 0 Å². The molecule has 4 nitrogen and oxygen atoms in total. The molecule has 1 unspecified atom stereocenters. The highest BCUT2D eigenvalue weighted by Crippen LogP contribution is 2.26. The second kappa shape index (κ2) is 6.66. The number of rotatable bonds is 4. The predicted octanol–water partition coefficient (Wildman–Crippen LogP) is 2.06.